The maximum Gasteiger partial charge on any atom is 0.270 e. The summed E-state index contributed by atoms with van der Waals surface area (Å²) in [6.45, 7) is 2.55. The van der Waals surface area contributed by atoms with Crippen LogP contribution in [0.4, 0.5) is 0 Å². The van der Waals surface area contributed by atoms with Crippen LogP contribution in [0.1, 0.15) is 28.8 Å². The number of nitrogens with one attached hydrogen (secondary N) is 2. The minimum absolute atomic E-state index is 0.109. The van der Waals surface area contributed by atoms with E-state index in [1.54, 1.807) is 12.3 Å². The Morgan fingerprint density at radius 2 is 1.82 bits per heavy atom. The van der Waals surface area contributed by atoms with Crippen molar-refractivity contribution in [2.75, 3.05) is 0 Å². The molecule has 0 aliphatic heterocycles. The molecule has 0 atom stereocenters. The lowest BCUT2D eigenvalue weighted by atomic mass is 10.2. The summed E-state index contributed by atoms with van der Waals surface area (Å²) in [7, 11) is 0. The highest BCUT2D eigenvalue weighted by molar-refractivity contribution is 5.82. The predicted molar refractivity (Wildman–Crippen MR) is 128 cm³/mol. The van der Waals surface area contributed by atoms with E-state index in [2.05, 4.69) is 39.6 Å². The van der Waals surface area contributed by atoms with Crippen molar-refractivity contribution in [2.45, 2.75) is 26.4 Å². The van der Waals surface area contributed by atoms with Gasteiger partial charge >= 0.3 is 0 Å². The smallest absolute Gasteiger partial charge is 0.270 e. The predicted octanol–water partition coefficient (Wildman–Crippen LogP) is 3.89. The molecule has 0 saturated carbocycles. The molecule has 0 unspecified atom stereocenters. The summed E-state index contributed by atoms with van der Waals surface area (Å²) in [5, 5.41) is 3.99. The third-order valence-corrected chi connectivity index (χ3v) is 5.07. The van der Waals surface area contributed by atoms with E-state index in [9.17, 15) is 9.59 Å². The first-order chi connectivity index (χ1) is 16.1. The number of carbonyl (C=O) groups is 1. The zero-order valence-electron chi connectivity index (χ0n) is 18.2. The second-order valence-corrected chi connectivity index (χ2v) is 7.67. The number of hydrogen-bond acceptors (Lipinski definition) is 5. The average molecular weight is 441 g/mol. The summed E-state index contributed by atoms with van der Waals surface area (Å²) in [4.78, 5) is 31.3. The molecule has 0 saturated heterocycles. The Hall–Kier alpha value is -4.26. The van der Waals surface area contributed by atoms with Crippen molar-refractivity contribution in [1.82, 2.24) is 15.4 Å². The third kappa shape index (κ3) is 6.13. The van der Waals surface area contributed by atoms with Gasteiger partial charge in [-0.1, -0.05) is 42.0 Å². The first-order valence-electron chi connectivity index (χ1n) is 10.6. The van der Waals surface area contributed by atoms with E-state index in [1.165, 1.54) is 5.56 Å². The highest BCUT2D eigenvalue weighted by Crippen LogP contribution is 2.14. The maximum absolute atomic E-state index is 12.1. The number of para-hydroxylation sites is 2. The van der Waals surface area contributed by atoms with Crippen LogP contribution in [0.25, 0.3) is 11.0 Å². The van der Waals surface area contributed by atoms with Crippen LogP contribution >= 0.6 is 0 Å². The molecule has 2 N–H and O–H groups in total. The van der Waals surface area contributed by atoms with Crippen LogP contribution in [0.15, 0.2) is 82.7 Å². The molecule has 3 aromatic carbocycles. The Morgan fingerprint density at radius 3 is 2.61 bits per heavy atom. The summed E-state index contributed by atoms with van der Waals surface area (Å²) in [5.41, 5.74) is 7.04. The van der Waals surface area contributed by atoms with Gasteiger partial charge in [0.15, 0.2) is 0 Å². The molecule has 0 aliphatic rings. The van der Waals surface area contributed by atoms with Gasteiger partial charge in [-0.15, -0.1) is 0 Å². The molecule has 0 aliphatic carbocycles. The number of aromatic amines is 1. The van der Waals surface area contributed by atoms with Gasteiger partial charge in [-0.3, -0.25) is 9.59 Å². The molecular weight excluding hydrogens is 416 g/mol. The zero-order chi connectivity index (χ0) is 23.0. The second-order valence-electron chi connectivity index (χ2n) is 7.67. The van der Waals surface area contributed by atoms with E-state index in [-0.39, 0.29) is 24.3 Å². The first kappa shape index (κ1) is 22.0. The van der Waals surface area contributed by atoms with Crippen LogP contribution in [0, 0.1) is 6.92 Å². The zero-order valence-corrected chi connectivity index (χ0v) is 18.2. The van der Waals surface area contributed by atoms with E-state index >= 15 is 0 Å². The molecule has 0 bridgehead atoms. The van der Waals surface area contributed by atoms with Crippen LogP contribution in [0.2, 0.25) is 0 Å². The third-order valence-electron chi connectivity index (χ3n) is 5.07. The number of aromatic nitrogens is 2. The molecule has 0 fully saturated rings. The average Bonchev–Trinajstić information content (AvgIpc) is 2.83. The van der Waals surface area contributed by atoms with Crippen molar-refractivity contribution < 1.29 is 9.53 Å². The monoisotopic (exact) mass is 440 g/mol. The van der Waals surface area contributed by atoms with Crippen LogP contribution in [0.3, 0.4) is 0 Å². The normalized spacial score (nSPS) is 11.1. The fourth-order valence-corrected chi connectivity index (χ4v) is 3.20. The number of hydrogen-bond donors (Lipinski definition) is 2. The summed E-state index contributed by atoms with van der Waals surface area (Å²) in [6, 6.07) is 22.9. The SMILES string of the molecule is Cc1ccc(COc2ccc(/C=N/NC(=O)CCc3nc4ccccc4[nH]c3=O)cc2)cc1. The number of H-pyrrole nitrogens is 1. The van der Waals surface area contributed by atoms with Crippen molar-refractivity contribution in [3.8, 4) is 5.75 Å². The largest absolute Gasteiger partial charge is 0.489 e. The van der Waals surface area contributed by atoms with Gasteiger partial charge in [0.05, 0.1) is 17.2 Å². The van der Waals surface area contributed by atoms with Gasteiger partial charge in [0.1, 0.15) is 18.1 Å². The van der Waals surface area contributed by atoms with Crippen LogP contribution in [0.5, 0.6) is 5.75 Å². The first-order valence-corrected chi connectivity index (χ1v) is 10.6. The van der Waals surface area contributed by atoms with Crippen molar-refractivity contribution in [3.05, 3.63) is 106 Å². The molecule has 1 heterocycles. The molecule has 0 radical (unpaired) electrons. The van der Waals surface area contributed by atoms with E-state index in [0.29, 0.717) is 23.3 Å². The molecule has 1 aromatic heterocycles. The fraction of sp³-hybridized carbons (Fsp3) is 0.154. The summed E-state index contributed by atoms with van der Waals surface area (Å²) in [5.74, 6) is 0.462. The molecule has 7 nitrogen and oxygen atoms in total. The lowest BCUT2D eigenvalue weighted by Crippen LogP contribution is -2.21. The van der Waals surface area contributed by atoms with Gasteiger partial charge in [0.2, 0.25) is 5.91 Å². The molecule has 4 aromatic rings. The minimum Gasteiger partial charge on any atom is -0.489 e. The highest BCUT2D eigenvalue weighted by atomic mass is 16.5. The lowest BCUT2D eigenvalue weighted by Gasteiger charge is -2.07. The van der Waals surface area contributed by atoms with Gasteiger partial charge in [-0.05, 0) is 54.4 Å². The van der Waals surface area contributed by atoms with Crippen molar-refractivity contribution >= 4 is 23.2 Å². The molecular formula is C26H24N4O3. The number of hydrazone groups is 1. The molecule has 166 valence electrons. The minimum atomic E-state index is -0.293. The molecule has 0 spiro atoms. The van der Waals surface area contributed by atoms with Crippen LogP contribution in [-0.4, -0.2) is 22.1 Å². The van der Waals surface area contributed by atoms with Gasteiger partial charge in [-0.2, -0.15) is 5.10 Å². The van der Waals surface area contributed by atoms with Crippen molar-refractivity contribution in [1.29, 1.82) is 0 Å². The number of aryl methyl sites for hydroxylation is 2. The van der Waals surface area contributed by atoms with E-state index in [0.717, 1.165) is 16.9 Å². The van der Waals surface area contributed by atoms with Crippen molar-refractivity contribution in [3.63, 3.8) is 0 Å². The van der Waals surface area contributed by atoms with Crippen molar-refractivity contribution in [2.24, 2.45) is 5.10 Å². The number of carbonyl (C=O) groups excluding carboxylic acids is 1. The van der Waals surface area contributed by atoms with Gasteiger partial charge in [0, 0.05) is 12.8 Å². The molecule has 7 heteroatoms. The van der Waals surface area contributed by atoms with Gasteiger partial charge in [-0.25, -0.2) is 10.4 Å². The Morgan fingerprint density at radius 1 is 1.06 bits per heavy atom. The number of ether oxygens (including phenoxy) is 1. The van der Waals surface area contributed by atoms with Crippen LogP contribution < -0.4 is 15.7 Å². The number of amides is 1. The molecule has 1 amide bonds. The number of benzene rings is 3. The maximum atomic E-state index is 12.1. The number of rotatable bonds is 8. The quantitative estimate of drug-likeness (QED) is 0.321. The Kier molecular flexibility index (Phi) is 6.90. The van der Waals surface area contributed by atoms with E-state index in [4.69, 9.17) is 4.74 Å². The topological polar surface area (TPSA) is 96.4 Å². The molecule has 4 rings (SSSR count). The summed E-state index contributed by atoms with van der Waals surface area (Å²) < 4.78 is 5.79. The second kappa shape index (κ2) is 10.4. The molecule has 33 heavy (non-hydrogen) atoms. The number of nitrogens with zero attached hydrogens (tertiary/aromatic N) is 2. The van der Waals surface area contributed by atoms with Crippen LogP contribution in [-0.2, 0) is 17.8 Å². The Balaban J connectivity index is 1.25. The van der Waals surface area contributed by atoms with E-state index < -0.39 is 0 Å². The summed E-state index contributed by atoms with van der Waals surface area (Å²) in [6.07, 6.45) is 1.90. The lowest BCUT2D eigenvalue weighted by molar-refractivity contribution is -0.121. The van der Waals surface area contributed by atoms with E-state index in [1.807, 2.05) is 54.6 Å². The van der Waals surface area contributed by atoms with Gasteiger partial charge < -0.3 is 9.72 Å². The fourth-order valence-electron chi connectivity index (χ4n) is 3.20. The Labute approximate surface area is 191 Å². The van der Waals surface area contributed by atoms with Gasteiger partial charge in [0.25, 0.3) is 5.56 Å². The standard InChI is InChI=1S/C26H24N4O3/c1-18-6-8-20(9-7-18)17-33-21-12-10-19(11-13-21)16-27-30-25(31)15-14-24-26(32)29-23-5-3-2-4-22(23)28-24/h2-13,16H,14-15,17H2,1H3,(H,29,32)(H,30,31)/b27-16+. The highest BCUT2D eigenvalue weighted by Gasteiger charge is 2.07. The summed E-state index contributed by atoms with van der Waals surface area (Å²) >= 11 is 0. The number of fused-ring (bicyclic) bond motifs is 1. The Bertz CT molecular complexity index is 1330.